The first-order valence-corrected chi connectivity index (χ1v) is 7.24. The van der Waals surface area contributed by atoms with Crippen molar-refractivity contribution >= 4 is 5.69 Å². The van der Waals surface area contributed by atoms with Gasteiger partial charge in [-0.1, -0.05) is 11.2 Å². The summed E-state index contributed by atoms with van der Waals surface area (Å²) in [5, 5.41) is 18.0. The first-order valence-electron chi connectivity index (χ1n) is 7.24. The molecule has 1 unspecified atom stereocenters. The van der Waals surface area contributed by atoms with Crippen molar-refractivity contribution in [2.75, 3.05) is 26.7 Å². The van der Waals surface area contributed by atoms with Crippen LogP contribution in [0.2, 0.25) is 0 Å². The monoisotopic (exact) mass is 319 g/mol. The molecule has 1 aliphatic rings. The Morgan fingerprint density at radius 1 is 1.57 bits per heavy atom. The lowest BCUT2D eigenvalue weighted by molar-refractivity contribution is -0.384. The van der Waals surface area contributed by atoms with Crippen molar-refractivity contribution in [1.29, 1.82) is 0 Å². The minimum absolute atomic E-state index is 0.0244. The van der Waals surface area contributed by atoms with E-state index in [0.717, 1.165) is 19.6 Å². The highest BCUT2D eigenvalue weighted by Crippen LogP contribution is 2.21. The van der Waals surface area contributed by atoms with Crippen molar-refractivity contribution in [2.45, 2.75) is 12.6 Å². The lowest BCUT2D eigenvalue weighted by Gasteiger charge is -2.30. The van der Waals surface area contributed by atoms with E-state index >= 15 is 0 Å². The smallest absolute Gasteiger partial charge is 0.273 e. The maximum Gasteiger partial charge on any atom is 0.273 e. The number of likely N-dealkylation sites (N-methyl/N-ethyl adjacent to an activating group) is 1. The van der Waals surface area contributed by atoms with Gasteiger partial charge < -0.3 is 14.6 Å². The van der Waals surface area contributed by atoms with Gasteiger partial charge in [0.2, 0.25) is 0 Å². The number of nitro groups is 1. The molecule has 2 heterocycles. The zero-order valence-electron chi connectivity index (χ0n) is 12.6. The van der Waals surface area contributed by atoms with Crippen LogP contribution in [-0.4, -0.2) is 46.6 Å². The molecule has 9 heteroatoms. The number of hydrogen-bond donors (Lipinski definition) is 1. The molecule has 0 spiro atoms. The number of nitrogens with zero attached hydrogens (tertiary/aromatic N) is 4. The third-order valence-electron chi connectivity index (χ3n) is 3.68. The van der Waals surface area contributed by atoms with Crippen molar-refractivity contribution in [1.82, 2.24) is 20.4 Å². The van der Waals surface area contributed by atoms with Gasteiger partial charge in [-0.05, 0) is 13.1 Å². The molecule has 0 aliphatic carbocycles. The summed E-state index contributed by atoms with van der Waals surface area (Å²) in [6, 6.07) is 6.04. The Bertz CT molecular complexity index is 689. The molecule has 1 N–H and O–H groups in total. The number of non-ortho nitro benzene ring substituents is 1. The average molecular weight is 319 g/mol. The third kappa shape index (κ3) is 3.63. The predicted octanol–water partition coefficient (Wildman–Crippen LogP) is 1.13. The maximum atomic E-state index is 10.7. The van der Waals surface area contributed by atoms with Gasteiger partial charge in [0.05, 0.1) is 17.0 Å². The molecule has 23 heavy (non-hydrogen) atoms. The lowest BCUT2D eigenvalue weighted by atomic mass is 10.2. The van der Waals surface area contributed by atoms with Crippen molar-refractivity contribution in [3.05, 3.63) is 46.1 Å². The summed E-state index contributed by atoms with van der Waals surface area (Å²) in [5.41, 5.74) is -0.0244. The topological polar surface area (TPSA) is 107 Å². The molecule has 0 bridgehead atoms. The Balaban J connectivity index is 1.63. The Morgan fingerprint density at radius 2 is 2.43 bits per heavy atom. The molecule has 9 nitrogen and oxygen atoms in total. The summed E-state index contributed by atoms with van der Waals surface area (Å²) in [7, 11) is 2.02. The highest BCUT2D eigenvalue weighted by atomic mass is 16.6. The quantitative estimate of drug-likeness (QED) is 0.645. The molecule has 0 amide bonds. The van der Waals surface area contributed by atoms with Crippen molar-refractivity contribution in [3.8, 4) is 5.75 Å². The Hall–Kier alpha value is -2.52. The van der Waals surface area contributed by atoms with E-state index in [-0.39, 0.29) is 18.3 Å². The predicted molar refractivity (Wildman–Crippen MR) is 80.0 cm³/mol. The van der Waals surface area contributed by atoms with Gasteiger partial charge in [0.1, 0.15) is 5.75 Å². The molecular weight excluding hydrogens is 302 g/mol. The fourth-order valence-electron chi connectivity index (χ4n) is 2.39. The van der Waals surface area contributed by atoms with E-state index in [2.05, 4.69) is 20.4 Å². The second-order valence-corrected chi connectivity index (χ2v) is 5.29. The number of hydrogen-bond acceptors (Lipinski definition) is 8. The number of ether oxygens (including phenoxy) is 1. The summed E-state index contributed by atoms with van der Waals surface area (Å²) < 4.78 is 10.7. The maximum absolute atomic E-state index is 10.7. The summed E-state index contributed by atoms with van der Waals surface area (Å²) >= 11 is 0. The first-order chi connectivity index (χ1) is 11.1. The third-order valence-corrected chi connectivity index (χ3v) is 3.68. The van der Waals surface area contributed by atoms with Crippen LogP contribution in [0.3, 0.4) is 0 Å². The van der Waals surface area contributed by atoms with Crippen LogP contribution in [-0.2, 0) is 6.61 Å². The zero-order valence-corrected chi connectivity index (χ0v) is 12.6. The number of nitro benzene ring substituents is 1. The lowest BCUT2D eigenvalue weighted by Crippen LogP contribution is -2.44. The molecule has 1 aromatic carbocycles. The Morgan fingerprint density at radius 3 is 3.22 bits per heavy atom. The van der Waals surface area contributed by atoms with Crippen LogP contribution >= 0.6 is 0 Å². The van der Waals surface area contributed by atoms with Crippen molar-refractivity contribution in [2.24, 2.45) is 0 Å². The van der Waals surface area contributed by atoms with Crippen molar-refractivity contribution in [3.63, 3.8) is 0 Å². The second-order valence-electron chi connectivity index (χ2n) is 5.29. The van der Waals surface area contributed by atoms with Gasteiger partial charge in [0, 0.05) is 25.7 Å². The number of piperazine rings is 1. The molecule has 1 saturated heterocycles. The molecule has 0 radical (unpaired) electrons. The normalized spacial score (nSPS) is 18.7. The number of benzene rings is 1. The molecule has 1 atom stereocenters. The van der Waals surface area contributed by atoms with Gasteiger partial charge >= 0.3 is 0 Å². The van der Waals surface area contributed by atoms with Crippen LogP contribution in [0, 0.1) is 10.1 Å². The van der Waals surface area contributed by atoms with Gasteiger partial charge in [-0.3, -0.25) is 15.0 Å². The van der Waals surface area contributed by atoms with E-state index in [1.54, 1.807) is 12.1 Å². The minimum Gasteiger partial charge on any atom is -0.484 e. The molecule has 2 aromatic rings. The van der Waals surface area contributed by atoms with Gasteiger partial charge in [0.15, 0.2) is 12.4 Å². The van der Waals surface area contributed by atoms with Crippen LogP contribution in [0.25, 0.3) is 0 Å². The summed E-state index contributed by atoms with van der Waals surface area (Å²) in [6.45, 7) is 2.69. The molecule has 3 rings (SSSR count). The highest BCUT2D eigenvalue weighted by molar-refractivity contribution is 5.37. The van der Waals surface area contributed by atoms with Gasteiger partial charge in [0.25, 0.3) is 11.6 Å². The van der Waals surface area contributed by atoms with Gasteiger partial charge in [-0.15, -0.1) is 0 Å². The van der Waals surface area contributed by atoms with Crippen LogP contribution in [0.1, 0.15) is 17.8 Å². The van der Waals surface area contributed by atoms with Gasteiger partial charge in [-0.25, -0.2) is 0 Å². The molecule has 0 saturated carbocycles. The molecule has 1 aliphatic heterocycles. The van der Waals surface area contributed by atoms with E-state index in [1.807, 2.05) is 7.05 Å². The van der Waals surface area contributed by atoms with Crippen LogP contribution in [0.15, 0.2) is 28.8 Å². The molecule has 122 valence electrons. The molecule has 1 aromatic heterocycles. The summed E-state index contributed by atoms with van der Waals surface area (Å²) in [6.07, 6.45) is 0. The summed E-state index contributed by atoms with van der Waals surface area (Å²) in [5.74, 6) is 1.33. The van der Waals surface area contributed by atoms with Gasteiger partial charge in [-0.2, -0.15) is 4.98 Å². The number of nitrogens with one attached hydrogen (secondary N) is 1. The number of rotatable bonds is 5. The van der Waals surface area contributed by atoms with Crippen LogP contribution < -0.4 is 10.1 Å². The number of aromatic nitrogens is 2. The zero-order chi connectivity index (χ0) is 16.2. The first kappa shape index (κ1) is 15.4. The molecular formula is C14H17N5O4. The Kier molecular flexibility index (Phi) is 4.49. The fraction of sp³-hybridized carbons (Fsp3) is 0.429. The van der Waals surface area contributed by atoms with Crippen molar-refractivity contribution < 1.29 is 14.2 Å². The SMILES string of the molecule is CN1CCNCC1c1noc(COc2cccc([N+](=O)[O-])c2)n1. The largest absolute Gasteiger partial charge is 0.484 e. The van der Waals surface area contributed by atoms with E-state index in [4.69, 9.17) is 9.26 Å². The van der Waals surface area contributed by atoms with E-state index < -0.39 is 4.92 Å². The Labute approximate surface area is 132 Å². The van der Waals surface area contributed by atoms with Crippen LogP contribution in [0.4, 0.5) is 5.69 Å². The highest BCUT2D eigenvalue weighted by Gasteiger charge is 2.25. The second kappa shape index (κ2) is 6.71. The van der Waals surface area contributed by atoms with E-state index in [1.165, 1.54) is 12.1 Å². The fourth-order valence-corrected chi connectivity index (χ4v) is 2.39. The van der Waals surface area contributed by atoms with Crippen LogP contribution in [0.5, 0.6) is 5.75 Å². The van der Waals surface area contributed by atoms with E-state index in [0.29, 0.717) is 17.5 Å². The van der Waals surface area contributed by atoms with E-state index in [9.17, 15) is 10.1 Å². The average Bonchev–Trinajstić information content (AvgIpc) is 3.02. The summed E-state index contributed by atoms with van der Waals surface area (Å²) in [4.78, 5) is 16.8. The standard InChI is InChI=1S/C14H17N5O4/c1-18-6-5-15-8-12(18)14-16-13(23-17-14)9-22-11-4-2-3-10(7-11)19(20)21/h2-4,7,12,15H,5-6,8-9H2,1H3. The molecule has 1 fully saturated rings. The minimum atomic E-state index is -0.469.